The fourth-order valence-corrected chi connectivity index (χ4v) is 3.49. The third kappa shape index (κ3) is 3.31. The predicted molar refractivity (Wildman–Crippen MR) is 98.2 cm³/mol. The first-order valence-corrected chi connectivity index (χ1v) is 9.03. The van der Waals surface area contributed by atoms with E-state index in [1.54, 1.807) is 23.6 Å². The predicted octanol–water partition coefficient (Wildman–Crippen LogP) is 4.44. The average Bonchev–Trinajstić information content (AvgIpc) is 3.02. The van der Waals surface area contributed by atoms with Crippen LogP contribution in [0.2, 0.25) is 0 Å². The summed E-state index contributed by atoms with van der Waals surface area (Å²) in [6.45, 7) is 6.89. The molecule has 0 radical (unpaired) electrons. The molecule has 1 atom stereocenters. The maximum Gasteiger partial charge on any atom is 0.273 e. The number of aromatic nitrogens is 2. The summed E-state index contributed by atoms with van der Waals surface area (Å²) in [4.78, 5) is 24.9. The molecule has 3 aromatic rings. The normalized spacial score (nSPS) is 12.3. The zero-order valence-electron chi connectivity index (χ0n) is 14.2. The van der Waals surface area contributed by atoms with Crippen molar-refractivity contribution in [2.75, 3.05) is 0 Å². The third-order valence-corrected chi connectivity index (χ3v) is 5.36. The maximum absolute atomic E-state index is 13.1. The molecule has 0 aliphatic rings. The Morgan fingerprint density at radius 1 is 1.29 bits per heavy atom. The highest BCUT2D eigenvalue weighted by Crippen LogP contribution is 2.22. The SMILES string of the molecule is CC[C@H](C)N(Cc1sccc1C)C(=O)c1ccc2cccnc2n1. The Labute approximate surface area is 146 Å². The van der Waals surface area contributed by atoms with Crippen LogP contribution < -0.4 is 0 Å². The molecule has 0 bridgehead atoms. The molecule has 4 nitrogen and oxygen atoms in total. The highest BCUT2D eigenvalue weighted by molar-refractivity contribution is 7.10. The van der Waals surface area contributed by atoms with E-state index in [0.717, 1.165) is 11.8 Å². The van der Waals surface area contributed by atoms with E-state index < -0.39 is 0 Å². The van der Waals surface area contributed by atoms with Crippen LogP contribution in [0, 0.1) is 6.92 Å². The van der Waals surface area contributed by atoms with Crippen LogP contribution in [-0.4, -0.2) is 26.8 Å². The minimum Gasteiger partial charge on any atom is -0.329 e. The van der Waals surface area contributed by atoms with E-state index in [1.807, 2.05) is 23.1 Å². The van der Waals surface area contributed by atoms with Crippen molar-refractivity contribution in [1.29, 1.82) is 0 Å². The van der Waals surface area contributed by atoms with Crippen LogP contribution in [0.1, 0.15) is 41.2 Å². The molecule has 0 N–H and O–H groups in total. The molecule has 0 saturated carbocycles. The monoisotopic (exact) mass is 339 g/mol. The van der Waals surface area contributed by atoms with Gasteiger partial charge in [0.25, 0.3) is 5.91 Å². The van der Waals surface area contributed by atoms with Crippen LogP contribution in [0.3, 0.4) is 0 Å². The lowest BCUT2D eigenvalue weighted by Crippen LogP contribution is -2.38. The number of amides is 1. The second-order valence-corrected chi connectivity index (χ2v) is 6.96. The summed E-state index contributed by atoms with van der Waals surface area (Å²) in [6, 6.07) is 9.77. The summed E-state index contributed by atoms with van der Waals surface area (Å²) in [5.41, 5.74) is 2.30. The van der Waals surface area contributed by atoms with Crippen LogP contribution in [0.4, 0.5) is 0 Å². The summed E-state index contributed by atoms with van der Waals surface area (Å²) < 4.78 is 0. The van der Waals surface area contributed by atoms with Gasteiger partial charge in [0.1, 0.15) is 5.69 Å². The van der Waals surface area contributed by atoms with Gasteiger partial charge in [-0.2, -0.15) is 0 Å². The fraction of sp³-hybridized carbons (Fsp3) is 0.316. The summed E-state index contributed by atoms with van der Waals surface area (Å²) in [6.07, 6.45) is 2.60. The molecule has 24 heavy (non-hydrogen) atoms. The van der Waals surface area contributed by atoms with Crippen molar-refractivity contribution in [2.24, 2.45) is 0 Å². The van der Waals surface area contributed by atoms with Gasteiger partial charge >= 0.3 is 0 Å². The van der Waals surface area contributed by atoms with Gasteiger partial charge in [-0.3, -0.25) is 4.79 Å². The molecular weight excluding hydrogens is 318 g/mol. The Bertz CT molecular complexity index is 858. The van der Waals surface area contributed by atoms with Gasteiger partial charge in [-0.05, 0) is 61.5 Å². The van der Waals surface area contributed by atoms with Crippen LogP contribution in [-0.2, 0) is 6.54 Å². The quantitative estimate of drug-likeness (QED) is 0.690. The van der Waals surface area contributed by atoms with E-state index in [9.17, 15) is 4.79 Å². The number of pyridine rings is 2. The van der Waals surface area contributed by atoms with Crippen LogP contribution in [0.25, 0.3) is 11.0 Å². The highest BCUT2D eigenvalue weighted by Gasteiger charge is 2.23. The standard InChI is InChI=1S/C19H21N3OS/c1-4-14(3)22(12-17-13(2)9-11-24-17)19(23)16-8-7-15-6-5-10-20-18(15)21-16/h5-11,14H,4,12H2,1-3H3/t14-/m0/s1. The molecule has 124 valence electrons. The minimum absolute atomic E-state index is 0.0373. The van der Waals surface area contributed by atoms with E-state index >= 15 is 0 Å². The van der Waals surface area contributed by atoms with Gasteiger partial charge in [0, 0.05) is 22.5 Å². The molecule has 3 heterocycles. The number of thiophene rings is 1. The van der Waals surface area contributed by atoms with Gasteiger partial charge in [-0.15, -0.1) is 11.3 Å². The smallest absolute Gasteiger partial charge is 0.273 e. The van der Waals surface area contributed by atoms with Gasteiger partial charge in [0.2, 0.25) is 0 Å². The van der Waals surface area contributed by atoms with Crippen LogP contribution in [0.15, 0.2) is 41.9 Å². The first-order chi connectivity index (χ1) is 11.6. The van der Waals surface area contributed by atoms with Crippen molar-refractivity contribution in [3.63, 3.8) is 0 Å². The molecular formula is C19H21N3OS. The third-order valence-electron chi connectivity index (χ3n) is 4.35. The number of aryl methyl sites for hydroxylation is 1. The van der Waals surface area contributed by atoms with Crippen LogP contribution >= 0.6 is 11.3 Å². The molecule has 0 saturated heterocycles. The first-order valence-electron chi connectivity index (χ1n) is 8.16. The van der Waals surface area contributed by atoms with Crippen molar-refractivity contribution < 1.29 is 4.79 Å². The number of hydrogen-bond donors (Lipinski definition) is 0. The Hall–Kier alpha value is -2.27. The Morgan fingerprint density at radius 2 is 2.12 bits per heavy atom. The summed E-state index contributed by atoms with van der Waals surface area (Å²) >= 11 is 1.69. The van der Waals surface area contributed by atoms with Crippen molar-refractivity contribution in [1.82, 2.24) is 14.9 Å². The van der Waals surface area contributed by atoms with E-state index in [1.165, 1.54) is 10.4 Å². The van der Waals surface area contributed by atoms with Crippen LogP contribution in [0.5, 0.6) is 0 Å². The molecule has 0 spiro atoms. The van der Waals surface area contributed by atoms with Gasteiger partial charge in [0.15, 0.2) is 5.65 Å². The molecule has 3 aromatic heterocycles. The molecule has 0 aliphatic heterocycles. The molecule has 3 rings (SSSR count). The summed E-state index contributed by atoms with van der Waals surface area (Å²) in [5, 5.41) is 3.01. The molecule has 0 aromatic carbocycles. The largest absolute Gasteiger partial charge is 0.329 e. The second kappa shape index (κ2) is 7.09. The second-order valence-electron chi connectivity index (χ2n) is 5.96. The summed E-state index contributed by atoms with van der Waals surface area (Å²) in [5.74, 6) is -0.0373. The lowest BCUT2D eigenvalue weighted by atomic mass is 10.1. The molecule has 5 heteroatoms. The fourth-order valence-electron chi connectivity index (χ4n) is 2.59. The van der Waals surface area contributed by atoms with Crippen molar-refractivity contribution >= 4 is 28.3 Å². The zero-order valence-corrected chi connectivity index (χ0v) is 15.0. The Balaban J connectivity index is 1.93. The van der Waals surface area contributed by atoms with Crippen molar-refractivity contribution in [3.05, 3.63) is 58.0 Å². The van der Waals surface area contributed by atoms with E-state index in [4.69, 9.17) is 0 Å². The van der Waals surface area contributed by atoms with Gasteiger partial charge in [-0.25, -0.2) is 9.97 Å². The average molecular weight is 339 g/mol. The lowest BCUT2D eigenvalue weighted by Gasteiger charge is -2.28. The highest BCUT2D eigenvalue weighted by atomic mass is 32.1. The van der Waals surface area contributed by atoms with E-state index in [-0.39, 0.29) is 11.9 Å². The van der Waals surface area contributed by atoms with Crippen molar-refractivity contribution in [2.45, 2.75) is 39.8 Å². The molecule has 1 amide bonds. The lowest BCUT2D eigenvalue weighted by molar-refractivity contribution is 0.0668. The number of carbonyl (C=O) groups is 1. The van der Waals surface area contributed by atoms with E-state index in [2.05, 4.69) is 42.2 Å². The van der Waals surface area contributed by atoms with Gasteiger partial charge in [-0.1, -0.05) is 6.92 Å². The number of hydrogen-bond acceptors (Lipinski definition) is 4. The Morgan fingerprint density at radius 3 is 2.83 bits per heavy atom. The topological polar surface area (TPSA) is 46.1 Å². The maximum atomic E-state index is 13.1. The molecule has 0 fully saturated rings. The zero-order chi connectivity index (χ0) is 17.1. The van der Waals surface area contributed by atoms with E-state index in [0.29, 0.717) is 17.9 Å². The number of fused-ring (bicyclic) bond motifs is 1. The van der Waals surface area contributed by atoms with Gasteiger partial charge in [0.05, 0.1) is 6.54 Å². The first kappa shape index (κ1) is 16.6. The molecule has 0 aliphatic carbocycles. The number of nitrogens with zero attached hydrogens (tertiary/aromatic N) is 3. The molecule has 0 unspecified atom stereocenters. The number of carbonyl (C=O) groups excluding carboxylic acids is 1. The van der Waals surface area contributed by atoms with Crippen molar-refractivity contribution in [3.8, 4) is 0 Å². The Kier molecular flexibility index (Phi) is 4.90. The van der Waals surface area contributed by atoms with Gasteiger partial charge < -0.3 is 4.90 Å². The number of rotatable bonds is 5. The minimum atomic E-state index is -0.0373. The summed E-state index contributed by atoms with van der Waals surface area (Å²) in [7, 11) is 0.